The number of aromatic nitrogens is 2. The molecule has 0 aliphatic carbocycles. The van der Waals surface area contributed by atoms with Gasteiger partial charge in [0, 0.05) is 19.3 Å². The zero-order valence-corrected chi connectivity index (χ0v) is 14.2. The van der Waals surface area contributed by atoms with Gasteiger partial charge in [-0.25, -0.2) is 13.4 Å². The number of rotatable bonds is 3. The van der Waals surface area contributed by atoms with E-state index in [1.165, 1.54) is 4.57 Å². The molecule has 0 saturated carbocycles. The zero-order chi connectivity index (χ0) is 16.6. The summed E-state index contributed by atoms with van der Waals surface area (Å²) in [5, 5.41) is -0.0443. The van der Waals surface area contributed by atoms with Crippen LogP contribution in [-0.4, -0.2) is 48.1 Å². The van der Waals surface area contributed by atoms with Gasteiger partial charge in [0.1, 0.15) is 6.54 Å². The SMILES string of the molecule is CC1CCCN(C(=O)Cn2c(S(C)(=O)=O)nc3ccccc32)C1. The molecule has 1 aliphatic heterocycles. The normalized spacial score (nSPS) is 19.2. The highest BCUT2D eigenvalue weighted by Crippen LogP contribution is 2.21. The second kappa shape index (κ2) is 5.96. The Morgan fingerprint density at radius 3 is 2.78 bits per heavy atom. The molecule has 1 aromatic carbocycles. The Morgan fingerprint density at radius 2 is 2.09 bits per heavy atom. The third-order valence-corrected chi connectivity index (χ3v) is 5.23. The maximum atomic E-state index is 12.6. The molecule has 6 nitrogen and oxygen atoms in total. The Labute approximate surface area is 136 Å². The van der Waals surface area contributed by atoms with Gasteiger partial charge in [-0.3, -0.25) is 4.79 Å². The molecule has 1 fully saturated rings. The molecular weight excluding hydrogens is 314 g/mol. The van der Waals surface area contributed by atoms with E-state index in [0.29, 0.717) is 17.0 Å². The van der Waals surface area contributed by atoms with Crippen molar-refractivity contribution < 1.29 is 13.2 Å². The summed E-state index contributed by atoms with van der Waals surface area (Å²) < 4.78 is 25.6. The van der Waals surface area contributed by atoms with E-state index in [-0.39, 0.29) is 17.6 Å². The Hall–Kier alpha value is -1.89. The van der Waals surface area contributed by atoms with Gasteiger partial charge in [-0.05, 0) is 30.9 Å². The molecular formula is C16H21N3O3S. The van der Waals surface area contributed by atoms with Gasteiger partial charge in [0.25, 0.3) is 0 Å². The van der Waals surface area contributed by atoms with E-state index in [2.05, 4.69) is 11.9 Å². The lowest BCUT2D eigenvalue weighted by atomic mass is 10.0. The lowest BCUT2D eigenvalue weighted by Gasteiger charge is -2.31. The van der Waals surface area contributed by atoms with Crippen molar-refractivity contribution in [3.63, 3.8) is 0 Å². The molecule has 2 heterocycles. The number of carbonyl (C=O) groups is 1. The van der Waals surface area contributed by atoms with Crippen LogP contribution in [0.2, 0.25) is 0 Å². The van der Waals surface area contributed by atoms with Crippen molar-refractivity contribution in [2.24, 2.45) is 5.92 Å². The third-order valence-electron chi connectivity index (χ3n) is 4.25. The Morgan fingerprint density at radius 1 is 1.35 bits per heavy atom. The first kappa shape index (κ1) is 16.0. The van der Waals surface area contributed by atoms with Crippen LogP contribution in [0.5, 0.6) is 0 Å². The molecule has 0 radical (unpaired) electrons. The van der Waals surface area contributed by atoms with E-state index in [1.807, 2.05) is 11.0 Å². The van der Waals surface area contributed by atoms with Gasteiger partial charge in [-0.15, -0.1) is 0 Å². The first-order valence-electron chi connectivity index (χ1n) is 7.79. The minimum absolute atomic E-state index is 0.00956. The number of hydrogen-bond donors (Lipinski definition) is 0. The number of amides is 1. The Balaban J connectivity index is 1.97. The van der Waals surface area contributed by atoms with E-state index in [0.717, 1.165) is 32.2 Å². The van der Waals surface area contributed by atoms with Gasteiger partial charge in [-0.1, -0.05) is 19.1 Å². The standard InChI is InChI=1S/C16H21N3O3S/c1-12-6-5-9-18(10-12)15(20)11-19-14-8-4-3-7-13(14)17-16(19)23(2,21)22/h3-4,7-8,12H,5-6,9-11H2,1-2H3. The summed E-state index contributed by atoms with van der Waals surface area (Å²) in [7, 11) is -3.50. The molecule has 1 saturated heterocycles. The highest BCUT2D eigenvalue weighted by atomic mass is 32.2. The van der Waals surface area contributed by atoms with Crippen molar-refractivity contribution in [2.75, 3.05) is 19.3 Å². The van der Waals surface area contributed by atoms with Crippen LogP contribution >= 0.6 is 0 Å². The smallest absolute Gasteiger partial charge is 0.242 e. The number of para-hydroxylation sites is 2. The average Bonchev–Trinajstić information content (AvgIpc) is 2.86. The van der Waals surface area contributed by atoms with E-state index in [9.17, 15) is 13.2 Å². The quantitative estimate of drug-likeness (QED) is 0.856. The van der Waals surface area contributed by atoms with Crippen LogP contribution in [-0.2, 0) is 21.2 Å². The molecule has 3 rings (SSSR count). The maximum absolute atomic E-state index is 12.6. The fourth-order valence-corrected chi connectivity index (χ4v) is 3.97. The number of piperidine rings is 1. The summed E-state index contributed by atoms with van der Waals surface area (Å²) in [6.07, 6.45) is 3.25. The summed E-state index contributed by atoms with van der Waals surface area (Å²) in [6, 6.07) is 7.18. The number of imidazole rings is 1. The van der Waals surface area contributed by atoms with Crippen LogP contribution in [0, 0.1) is 5.92 Å². The maximum Gasteiger partial charge on any atom is 0.242 e. The lowest BCUT2D eigenvalue weighted by Crippen LogP contribution is -2.41. The van der Waals surface area contributed by atoms with Gasteiger partial charge in [0.05, 0.1) is 11.0 Å². The zero-order valence-electron chi connectivity index (χ0n) is 13.4. The minimum atomic E-state index is -3.50. The van der Waals surface area contributed by atoms with Crippen molar-refractivity contribution in [3.8, 4) is 0 Å². The van der Waals surface area contributed by atoms with Crippen LogP contribution in [0.1, 0.15) is 19.8 Å². The summed E-state index contributed by atoms with van der Waals surface area (Å²) in [5.74, 6) is 0.436. The van der Waals surface area contributed by atoms with E-state index in [4.69, 9.17) is 0 Å². The van der Waals surface area contributed by atoms with E-state index >= 15 is 0 Å². The van der Waals surface area contributed by atoms with Crippen molar-refractivity contribution in [1.29, 1.82) is 0 Å². The fraction of sp³-hybridized carbons (Fsp3) is 0.500. The van der Waals surface area contributed by atoms with Crippen LogP contribution in [0.3, 0.4) is 0 Å². The molecule has 124 valence electrons. The number of sulfone groups is 1. The van der Waals surface area contributed by atoms with E-state index < -0.39 is 9.84 Å². The average molecular weight is 335 g/mol. The first-order chi connectivity index (χ1) is 10.9. The molecule has 1 amide bonds. The van der Waals surface area contributed by atoms with Crippen molar-refractivity contribution in [3.05, 3.63) is 24.3 Å². The largest absolute Gasteiger partial charge is 0.341 e. The summed E-state index contributed by atoms with van der Waals surface area (Å²) >= 11 is 0. The molecule has 1 unspecified atom stereocenters. The van der Waals surface area contributed by atoms with Crippen molar-refractivity contribution >= 4 is 26.8 Å². The number of benzene rings is 1. The molecule has 1 aliphatic rings. The number of nitrogens with zero attached hydrogens (tertiary/aromatic N) is 3. The topological polar surface area (TPSA) is 72.3 Å². The molecule has 0 spiro atoms. The third kappa shape index (κ3) is 3.24. The van der Waals surface area contributed by atoms with Gasteiger partial charge >= 0.3 is 0 Å². The molecule has 2 aromatic rings. The molecule has 23 heavy (non-hydrogen) atoms. The van der Waals surface area contributed by atoms with Gasteiger partial charge in [0.2, 0.25) is 20.9 Å². The number of hydrogen-bond acceptors (Lipinski definition) is 4. The molecule has 1 atom stereocenters. The molecule has 0 N–H and O–H groups in total. The summed E-state index contributed by atoms with van der Waals surface area (Å²) in [6.45, 7) is 3.62. The van der Waals surface area contributed by atoms with Gasteiger partial charge < -0.3 is 9.47 Å². The predicted molar refractivity (Wildman–Crippen MR) is 87.8 cm³/mol. The van der Waals surface area contributed by atoms with Crippen LogP contribution in [0.15, 0.2) is 29.4 Å². The first-order valence-corrected chi connectivity index (χ1v) is 9.68. The van der Waals surface area contributed by atoms with Crippen molar-refractivity contribution in [2.45, 2.75) is 31.5 Å². The second-order valence-corrected chi connectivity index (χ2v) is 8.24. The number of likely N-dealkylation sites (tertiary alicyclic amines) is 1. The molecule has 0 bridgehead atoms. The predicted octanol–water partition coefficient (Wildman–Crippen LogP) is 1.70. The highest BCUT2D eigenvalue weighted by molar-refractivity contribution is 7.90. The van der Waals surface area contributed by atoms with E-state index in [1.54, 1.807) is 18.2 Å². The molecule has 1 aromatic heterocycles. The van der Waals surface area contributed by atoms with Crippen LogP contribution in [0.4, 0.5) is 0 Å². The van der Waals surface area contributed by atoms with Crippen molar-refractivity contribution in [1.82, 2.24) is 14.5 Å². The lowest BCUT2D eigenvalue weighted by molar-refractivity contribution is -0.133. The highest BCUT2D eigenvalue weighted by Gasteiger charge is 2.25. The molecule has 7 heteroatoms. The second-order valence-electron chi connectivity index (χ2n) is 6.33. The van der Waals surface area contributed by atoms with Crippen LogP contribution < -0.4 is 0 Å². The minimum Gasteiger partial charge on any atom is -0.341 e. The Kier molecular flexibility index (Phi) is 4.14. The number of carbonyl (C=O) groups excluding carboxylic acids is 1. The Bertz CT molecular complexity index is 841. The van der Waals surface area contributed by atoms with Crippen LogP contribution in [0.25, 0.3) is 11.0 Å². The summed E-state index contributed by atoms with van der Waals surface area (Å²) in [4.78, 5) is 18.6. The fourth-order valence-electron chi connectivity index (χ4n) is 3.14. The monoisotopic (exact) mass is 335 g/mol. The van der Waals surface area contributed by atoms with Gasteiger partial charge in [0.15, 0.2) is 0 Å². The number of fused-ring (bicyclic) bond motifs is 1. The van der Waals surface area contributed by atoms with Gasteiger partial charge in [-0.2, -0.15) is 0 Å². The summed E-state index contributed by atoms with van der Waals surface area (Å²) in [5.41, 5.74) is 1.26.